The smallest absolute Gasteiger partial charge is 0.293 e. The lowest BCUT2D eigenvalue weighted by molar-refractivity contribution is 0.0961. The Hall–Kier alpha value is -2.23. The number of nitrogens with zero attached hydrogens (tertiary/aromatic N) is 2. The predicted octanol–water partition coefficient (Wildman–Crippen LogP) is 2.38. The summed E-state index contributed by atoms with van der Waals surface area (Å²) in [4.78, 5) is 18.3. The summed E-state index contributed by atoms with van der Waals surface area (Å²) in [5.41, 5.74) is 1.55. The number of aryl methyl sites for hydroxylation is 1. The van der Waals surface area contributed by atoms with E-state index in [4.69, 9.17) is 4.42 Å². The lowest BCUT2D eigenvalue weighted by Crippen LogP contribution is -2.25. The molecule has 0 atom stereocenters. The Kier molecular flexibility index (Phi) is 4.16. The van der Waals surface area contributed by atoms with Gasteiger partial charge in [-0.05, 0) is 44.3 Å². The van der Waals surface area contributed by atoms with Crippen molar-refractivity contribution < 1.29 is 17.6 Å². The van der Waals surface area contributed by atoms with Gasteiger partial charge >= 0.3 is 0 Å². The Morgan fingerprint density at radius 3 is 2.75 bits per heavy atom. The Morgan fingerprint density at radius 1 is 1.29 bits per heavy atom. The van der Waals surface area contributed by atoms with Crippen LogP contribution < -0.4 is 9.62 Å². The van der Waals surface area contributed by atoms with Crippen LogP contribution in [0.25, 0.3) is 10.2 Å². The first-order valence-electron chi connectivity index (χ1n) is 7.00. The molecule has 9 heteroatoms. The predicted molar refractivity (Wildman–Crippen MR) is 92.0 cm³/mol. The van der Waals surface area contributed by atoms with Gasteiger partial charge in [-0.2, -0.15) is 0 Å². The monoisotopic (exact) mass is 365 g/mol. The number of hydrogen-bond acceptors (Lipinski definition) is 6. The van der Waals surface area contributed by atoms with E-state index in [-0.39, 0.29) is 10.9 Å². The number of sulfonamides is 1. The van der Waals surface area contributed by atoms with E-state index in [1.165, 1.54) is 24.1 Å². The van der Waals surface area contributed by atoms with Crippen LogP contribution in [-0.4, -0.2) is 33.4 Å². The number of carbonyl (C=O) groups is 1. The van der Waals surface area contributed by atoms with E-state index in [0.717, 1.165) is 15.2 Å². The number of benzene rings is 1. The third kappa shape index (κ3) is 2.93. The highest BCUT2D eigenvalue weighted by Crippen LogP contribution is 2.27. The number of thiazole rings is 1. The molecule has 2 heterocycles. The van der Waals surface area contributed by atoms with E-state index in [9.17, 15) is 13.2 Å². The molecule has 0 radical (unpaired) electrons. The highest BCUT2D eigenvalue weighted by molar-refractivity contribution is 7.89. The van der Waals surface area contributed by atoms with Crippen LogP contribution in [0.2, 0.25) is 0 Å². The molecule has 1 amide bonds. The average Bonchev–Trinajstić information content (AvgIpc) is 3.18. The quantitative estimate of drug-likeness (QED) is 0.766. The number of nitrogens with one attached hydrogen (secondary N) is 1. The summed E-state index contributed by atoms with van der Waals surface area (Å²) in [5.74, 6) is -0.486. The lowest BCUT2D eigenvalue weighted by Gasteiger charge is -2.15. The van der Waals surface area contributed by atoms with E-state index < -0.39 is 15.9 Å². The minimum absolute atomic E-state index is 0.0492. The van der Waals surface area contributed by atoms with Gasteiger partial charge in [0.25, 0.3) is 15.9 Å². The Bertz CT molecular complexity index is 1020. The second kappa shape index (κ2) is 6.00. The molecular weight excluding hydrogens is 350 g/mol. The van der Waals surface area contributed by atoms with Crippen molar-refractivity contribution in [3.63, 3.8) is 0 Å². The Morgan fingerprint density at radius 2 is 2.04 bits per heavy atom. The molecule has 0 unspecified atom stereocenters. The maximum Gasteiger partial charge on any atom is 0.293 e. The number of aromatic nitrogens is 1. The van der Waals surface area contributed by atoms with Gasteiger partial charge in [0, 0.05) is 12.7 Å². The SMILES string of the molecule is CNS(=O)(=O)c1ccc(C(=O)N(C)c2ccc3nc(C)sc3c2)o1. The molecular formula is C15H15N3O4S2. The second-order valence-corrected chi connectivity index (χ2v) is 8.13. The summed E-state index contributed by atoms with van der Waals surface area (Å²) in [6, 6.07) is 8.09. The Labute approximate surface area is 143 Å². The summed E-state index contributed by atoms with van der Waals surface area (Å²) in [5, 5.41) is 0.652. The number of anilines is 1. The molecule has 0 saturated carbocycles. The molecule has 7 nitrogen and oxygen atoms in total. The minimum Gasteiger partial charge on any atom is -0.438 e. The largest absolute Gasteiger partial charge is 0.438 e. The molecule has 24 heavy (non-hydrogen) atoms. The van der Waals surface area contributed by atoms with Gasteiger partial charge < -0.3 is 9.32 Å². The van der Waals surface area contributed by atoms with Gasteiger partial charge in [-0.15, -0.1) is 11.3 Å². The Balaban J connectivity index is 1.91. The zero-order chi connectivity index (χ0) is 17.5. The van der Waals surface area contributed by atoms with Crippen LogP contribution in [0.15, 0.2) is 39.8 Å². The maximum absolute atomic E-state index is 12.5. The average molecular weight is 365 g/mol. The molecule has 0 saturated heterocycles. The maximum atomic E-state index is 12.5. The molecule has 0 bridgehead atoms. The molecule has 0 spiro atoms. The first-order chi connectivity index (χ1) is 11.3. The fourth-order valence-electron chi connectivity index (χ4n) is 2.20. The van der Waals surface area contributed by atoms with Crippen LogP contribution >= 0.6 is 11.3 Å². The zero-order valence-electron chi connectivity index (χ0n) is 13.2. The van der Waals surface area contributed by atoms with Crippen LogP contribution in [0.1, 0.15) is 15.6 Å². The summed E-state index contributed by atoms with van der Waals surface area (Å²) in [6.45, 7) is 1.92. The number of fused-ring (bicyclic) bond motifs is 1. The van der Waals surface area contributed by atoms with E-state index in [0.29, 0.717) is 5.69 Å². The number of carbonyl (C=O) groups excluding carboxylic acids is 1. The summed E-state index contributed by atoms with van der Waals surface area (Å²) in [7, 11) is -0.842. The number of amides is 1. The van der Waals surface area contributed by atoms with Crippen LogP contribution in [-0.2, 0) is 10.0 Å². The molecule has 3 rings (SSSR count). The summed E-state index contributed by atoms with van der Waals surface area (Å²) < 4.78 is 31.7. The van der Waals surface area contributed by atoms with Crippen molar-refractivity contribution in [3.05, 3.63) is 41.1 Å². The van der Waals surface area contributed by atoms with Crippen molar-refractivity contribution in [2.24, 2.45) is 0 Å². The van der Waals surface area contributed by atoms with E-state index in [1.54, 1.807) is 24.5 Å². The molecule has 2 aromatic heterocycles. The normalized spacial score (nSPS) is 11.8. The van der Waals surface area contributed by atoms with Crippen molar-refractivity contribution in [1.29, 1.82) is 0 Å². The molecule has 0 aliphatic carbocycles. The van der Waals surface area contributed by atoms with Crippen LogP contribution in [0.3, 0.4) is 0 Å². The highest BCUT2D eigenvalue weighted by atomic mass is 32.2. The van der Waals surface area contributed by atoms with Crippen molar-refractivity contribution in [3.8, 4) is 0 Å². The van der Waals surface area contributed by atoms with Crippen molar-refractivity contribution in [2.75, 3.05) is 19.0 Å². The minimum atomic E-state index is -3.72. The van der Waals surface area contributed by atoms with Crippen LogP contribution in [0.4, 0.5) is 5.69 Å². The van der Waals surface area contributed by atoms with Gasteiger partial charge in [0.1, 0.15) is 0 Å². The number of furan rings is 1. The topological polar surface area (TPSA) is 92.5 Å². The van der Waals surface area contributed by atoms with Crippen LogP contribution in [0.5, 0.6) is 0 Å². The third-order valence-electron chi connectivity index (χ3n) is 3.50. The number of rotatable bonds is 4. The van der Waals surface area contributed by atoms with Gasteiger partial charge in [-0.1, -0.05) is 0 Å². The standard InChI is InChI=1S/C15H15N3O4S2/c1-9-17-11-5-4-10(8-13(11)23-9)18(3)15(19)12-6-7-14(22-12)24(20,21)16-2/h4-8,16H,1-3H3. The number of hydrogen-bond donors (Lipinski definition) is 1. The first kappa shape index (κ1) is 16.6. The molecule has 0 aliphatic heterocycles. The van der Waals surface area contributed by atoms with Crippen molar-refractivity contribution >= 4 is 43.2 Å². The highest BCUT2D eigenvalue weighted by Gasteiger charge is 2.22. The summed E-state index contributed by atoms with van der Waals surface area (Å²) >= 11 is 1.54. The fraction of sp³-hybridized carbons (Fsp3) is 0.200. The molecule has 1 N–H and O–H groups in total. The second-order valence-electron chi connectivity index (χ2n) is 5.08. The summed E-state index contributed by atoms with van der Waals surface area (Å²) in [6.07, 6.45) is 0. The van der Waals surface area contributed by atoms with Gasteiger partial charge in [-0.3, -0.25) is 4.79 Å². The van der Waals surface area contributed by atoms with Crippen LogP contribution in [0, 0.1) is 6.92 Å². The van der Waals surface area contributed by atoms with Crippen molar-refractivity contribution in [1.82, 2.24) is 9.71 Å². The van der Waals surface area contributed by atoms with Crippen molar-refractivity contribution in [2.45, 2.75) is 12.0 Å². The fourth-order valence-corrected chi connectivity index (χ4v) is 3.71. The van der Waals surface area contributed by atoms with E-state index in [2.05, 4.69) is 9.71 Å². The molecule has 0 fully saturated rings. The lowest BCUT2D eigenvalue weighted by atomic mass is 10.2. The van der Waals surface area contributed by atoms with E-state index in [1.807, 2.05) is 19.1 Å². The van der Waals surface area contributed by atoms with E-state index >= 15 is 0 Å². The molecule has 3 aromatic rings. The third-order valence-corrected chi connectivity index (χ3v) is 5.72. The van der Waals surface area contributed by atoms with Gasteiger partial charge in [0.15, 0.2) is 5.76 Å². The van der Waals surface area contributed by atoms with Gasteiger partial charge in [0.2, 0.25) is 5.09 Å². The molecule has 126 valence electrons. The van der Waals surface area contributed by atoms with Gasteiger partial charge in [-0.25, -0.2) is 18.1 Å². The molecule has 0 aliphatic rings. The molecule has 1 aromatic carbocycles. The zero-order valence-corrected chi connectivity index (χ0v) is 14.9. The van der Waals surface area contributed by atoms with Gasteiger partial charge in [0.05, 0.1) is 15.2 Å². The first-order valence-corrected chi connectivity index (χ1v) is 9.30.